The molecule has 1 N–H and O–H groups in total. The molecule has 0 unspecified atom stereocenters. The van der Waals surface area contributed by atoms with Crippen LogP contribution in [0.2, 0.25) is 10.2 Å². The molecule has 0 saturated heterocycles. The minimum Gasteiger partial charge on any atom is -0.493 e. The maximum absolute atomic E-state index is 12.2. The number of aromatic hydroxyl groups is 1. The molecule has 0 aliphatic carbocycles. The molecule has 0 fully saturated rings. The van der Waals surface area contributed by atoms with Gasteiger partial charge in [-0.1, -0.05) is 23.2 Å². The second kappa shape index (κ2) is 5.18. The number of aryl methyl sites for hydroxylation is 1. The van der Waals surface area contributed by atoms with Crippen molar-refractivity contribution in [2.75, 3.05) is 0 Å². The summed E-state index contributed by atoms with van der Waals surface area (Å²) in [5, 5.41) is 12.9. The van der Waals surface area contributed by atoms with Crippen LogP contribution in [0.5, 0.6) is 11.8 Å². The molecule has 0 atom stereocenters. The molecule has 0 radical (unpaired) electrons. The van der Waals surface area contributed by atoms with Crippen LogP contribution in [0.3, 0.4) is 0 Å². The minimum atomic E-state index is -3.02. The van der Waals surface area contributed by atoms with Crippen molar-refractivity contribution in [2.45, 2.75) is 6.61 Å². The highest BCUT2D eigenvalue weighted by atomic mass is 35.5. The number of aromatic nitrogens is 3. The standard InChI is InChI=1S/C10H7Cl2F2N3O2/c1-17-9(19-10(13)14)6(11)7(16-17)4-2-3-5(18)15-8(4)12/h2-3,10H,1H3,(H,15,18). The quantitative estimate of drug-likeness (QED) is 0.885. The van der Waals surface area contributed by atoms with E-state index in [2.05, 4.69) is 14.8 Å². The van der Waals surface area contributed by atoms with Gasteiger partial charge >= 0.3 is 6.61 Å². The smallest absolute Gasteiger partial charge is 0.388 e. The van der Waals surface area contributed by atoms with Crippen molar-refractivity contribution in [2.24, 2.45) is 7.05 Å². The van der Waals surface area contributed by atoms with Gasteiger partial charge in [-0.05, 0) is 6.07 Å². The molecule has 2 aromatic heterocycles. The molecule has 102 valence electrons. The number of rotatable bonds is 3. The lowest BCUT2D eigenvalue weighted by Gasteiger charge is -2.03. The highest BCUT2D eigenvalue weighted by Gasteiger charge is 2.22. The fourth-order valence-corrected chi connectivity index (χ4v) is 2.01. The van der Waals surface area contributed by atoms with E-state index in [-0.39, 0.29) is 27.6 Å². The summed E-state index contributed by atoms with van der Waals surface area (Å²) in [7, 11) is 1.40. The van der Waals surface area contributed by atoms with Gasteiger partial charge in [-0.25, -0.2) is 9.67 Å². The molecule has 2 heterocycles. The lowest BCUT2D eigenvalue weighted by atomic mass is 10.2. The second-order valence-corrected chi connectivity index (χ2v) is 4.21. The lowest BCUT2D eigenvalue weighted by Crippen LogP contribution is -2.06. The maximum atomic E-state index is 12.2. The summed E-state index contributed by atoms with van der Waals surface area (Å²) in [5.74, 6) is -0.555. The first kappa shape index (κ1) is 13.8. The van der Waals surface area contributed by atoms with E-state index in [1.165, 1.54) is 19.2 Å². The van der Waals surface area contributed by atoms with Crippen LogP contribution in [0.15, 0.2) is 12.1 Å². The first-order valence-electron chi connectivity index (χ1n) is 4.93. The van der Waals surface area contributed by atoms with E-state index in [1.807, 2.05) is 0 Å². The maximum Gasteiger partial charge on any atom is 0.388 e. The predicted octanol–water partition coefficient (Wildman–Crippen LogP) is 3.10. The number of halogens is 4. The fourth-order valence-electron chi connectivity index (χ4n) is 1.47. The van der Waals surface area contributed by atoms with Gasteiger partial charge in [-0.3, -0.25) is 0 Å². The average molecular weight is 310 g/mol. The van der Waals surface area contributed by atoms with Crippen molar-refractivity contribution in [3.63, 3.8) is 0 Å². The third kappa shape index (κ3) is 2.71. The van der Waals surface area contributed by atoms with Gasteiger partial charge in [-0.15, -0.1) is 0 Å². The zero-order valence-electron chi connectivity index (χ0n) is 9.44. The van der Waals surface area contributed by atoms with Crippen molar-refractivity contribution in [3.8, 4) is 23.0 Å². The number of hydrogen-bond acceptors (Lipinski definition) is 4. The van der Waals surface area contributed by atoms with Crippen molar-refractivity contribution in [3.05, 3.63) is 22.3 Å². The Morgan fingerprint density at radius 3 is 2.63 bits per heavy atom. The first-order chi connectivity index (χ1) is 8.90. The van der Waals surface area contributed by atoms with Gasteiger partial charge in [0.05, 0.1) is 0 Å². The monoisotopic (exact) mass is 309 g/mol. The van der Waals surface area contributed by atoms with Crippen molar-refractivity contribution >= 4 is 23.2 Å². The van der Waals surface area contributed by atoms with E-state index in [9.17, 15) is 8.78 Å². The molecule has 0 bridgehead atoms. The summed E-state index contributed by atoms with van der Waals surface area (Å²) in [6.45, 7) is -3.02. The highest BCUT2D eigenvalue weighted by molar-refractivity contribution is 6.36. The molecule has 2 rings (SSSR count). The summed E-state index contributed by atoms with van der Waals surface area (Å²) in [6.07, 6.45) is 0. The zero-order valence-corrected chi connectivity index (χ0v) is 11.0. The summed E-state index contributed by atoms with van der Waals surface area (Å²) in [4.78, 5) is 3.62. The van der Waals surface area contributed by atoms with Gasteiger partial charge in [0.1, 0.15) is 15.9 Å². The van der Waals surface area contributed by atoms with E-state index in [4.69, 9.17) is 28.3 Å². The number of ether oxygens (including phenoxy) is 1. The van der Waals surface area contributed by atoms with Crippen LogP contribution < -0.4 is 4.74 Å². The molecule has 9 heteroatoms. The Morgan fingerprint density at radius 1 is 1.37 bits per heavy atom. The van der Waals surface area contributed by atoms with Crippen LogP contribution >= 0.6 is 23.2 Å². The SMILES string of the molecule is Cn1nc(-c2ccc(O)nc2Cl)c(Cl)c1OC(F)F. The van der Waals surface area contributed by atoms with Gasteiger partial charge in [0.15, 0.2) is 0 Å². The van der Waals surface area contributed by atoms with Crippen LogP contribution in [-0.2, 0) is 7.05 Å². The Bertz CT molecular complexity index is 619. The number of pyridine rings is 1. The van der Waals surface area contributed by atoms with E-state index < -0.39 is 6.61 Å². The second-order valence-electron chi connectivity index (χ2n) is 3.48. The topological polar surface area (TPSA) is 60.2 Å². The van der Waals surface area contributed by atoms with Gasteiger partial charge in [-0.2, -0.15) is 13.9 Å². The summed E-state index contributed by atoms with van der Waals surface area (Å²) in [6, 6.07) is 2.70. The Morgan fingerprint density at radius 2 is 2.05 bits per heavy atom. The van der Waals surface area contributed by atoms with E-state index in [1.54, 1.807) is 0 Å². The van der Waals surface area contributed by atoms with Crippen molar-refractivity contribution in [1.82, 2.24) is 14.8 Å². The molecule has 0 aliphatic rings. The molecule has 0 spiro atoms. The molecule has 0 saturated carbocycles. The summed E-state index contributed by atoms with van der Waals surface area (Å²) in [5.41, 5.74) is 0.432. The average Bonchev–Trinajstić information content (AvgIpc) is 2.57. The van der Waals surface area contributed by atoms with Gasteiger partial charge in [0.25, 0.3) is 0 Å². The van der Waals surface area contributed by atoms with Crippen LogP contribution in [0.1, 0.15) is 0 Å². The zero-order chi connectivity index (χ0) is 14.2. The van der Waals surface area contributed by atoms with Crippen LogP contribution in [-0.4, -0.2) is 26.5 Å². The highest BCUT2D eigenvalue weighted by Crippen LogP contribution is 2.38. The molecular formula is C10H7Cl2F2N3O2. The number of nitrogens with zero attached hydrogens (tertiary/aromatic N) is 3. The Balaban J connectivity index is 2.51. The molecule has 0 aliphatic heterocycles. The summed E-state index contributed by atoms with van der Waals surface area (Å²) >= 11 is 11.8. The summed E-state index contributed by atoms with van der Waals surface area (Å²) < 4.78 is 29.8. The minimum absolute atomic E-state index is 0.0522. The third-order valence-corrected chi connectivity index (χ3v) is 2.86. The van der Waals surface area contributed by atoms with Gasteiger partial charge < -0.3 is 9.84 Å². The molecule has 5 nitrogen and oxygen atoms in total. The van der Waals surface area contributed by atoms with Crippen LogP contribution in [0.25, 0.3) is 11.3 Å². The lowest BCUT2D eigenvalue weighted by molar-refractivity contribution is -0.0552. The van der Waals surface area contributed by atoms with Crippen LogP contribution in [0, 0.1) is 0 Å². The largest absolute Gasteiger partial charge is 0.493 e. The Kier molecular flexibility index (Phi) is 3.77. The fraction of sp³-hybridized carbons (Fsp3) is 0.200. The van der Waals surface area contributed by atoms with E-state index in [0.29, 0.717) is 5.56 Å². The molecule has 2 aromatic rings. The molecular weight excluding hydrogens is 303 g/mol. The first-order valence-corrected chi connectivity index (χ1v) is 5.69. The van der Waals surface area contributed by atoms with Crippen LogP contribution in [0.4, 0.5) is 8.78 Å². The Labute approximate surface area is 116 Å². The molecule has 0 aromatic carbocycles. The van der Waals surface area contributed by atoms with Crippen molar-refractivity contribution < 1.29 is 18.6 Å². The molecule has 19 heavy (non-hydrogen) atoms. The third-order valence-electron chi connectivity index (χ3n) is 2.23. The number of hydrogen-bond donors (Lipinski definition) is 1. The van der Waals surface area contributed by atoms with E-state index >= 15 is 0 Å². The Hall–Kier alpha value is -1.60. The van der Waals surface area contributed by atoms with Gasteiger partial charge in [0, 0.05) is 18.7 Å². The normalized spacial score (nSPS) is 11.1. The predicted molar refractivity (Wildman–Crippen MR) is 64.8 cm³/mol. The van der Waals surface area contributed by atoms with E-state index in [0.717, 1.165) is 4.68 Å². The number of alkyl halides is 2. The molecule has 0 amide bonds. The van der Waals surface area contributed by atoms with Crippen molar-refractivity contribution in [1.29, 1.82) is 0 Å². The van der Waals surface area contributed by atoms with Gasteiger partial charge in [0.2, 0.25) is 11.8 Å².